The number of hydrogen-bond acceptors (Lipinski definition) is 5. The van der Waals surface area contributed by atoms with Gasteiger partial charge in [-0.3, -0.25) is 9.78 Å². The van der Waals surface area contributed by atoms with Gasteiger partial charge in [-0.05, 0) is 30.5 Å². The second kappa shape index (κ2) is 7.75. The molecule has 128 valence electrons. The first-order chi connectivity index (χ1) is 12.2. The van der Waals surface area contributed by atoms with Gasteiger partial charge in [0.2, 0.25) is 5.91 Å². The molecule has 0 bridgehead atoms. The molecule has 1 aliphatic heterocycles. The molecule has 25 heavy (non-hydrogen) atoms. The van der Waals surface area contributed by atoms with Gasteiger partial charge in [-0.2, -0.15) is 5.26 Å². The number of hydrogen-bond donors (Lipinski definition) is 0. The fraction of sp³-hybridized carbons (Fsp3) is 0.368. The molecule has 2 heterocycles. The lowest BCUT2D eigenvalue weighted by Crippen LogP contribution is -2.41. The first kappa shape index (κ1) is 16.9. The van der Waals surface area contributed by atoms with E-state index < -0.39 is 0 Å². The minimum Gasteiger partial charge on any atom is -0.355 e. The zero-order valence-electron chi connectivity index (χ0n) is 14.3. The van der Waals surface area contributed by atoms with E-state index in [-0.39, 0.29) is 11.8 Å². The van der Waals surface area contributed by atoms with E-state index in [0.717, 1.165) is 37.3 Å². The van der Waals surface area contributed by atoms with Crippen molar-refractivity contribution >= 4 is 11.7 Å². The summed E-state index contributed by atoms with van der Waals surface area (Å²) in [7, 11) is 1.84. The number of nitriles is 1. The molecule has 0 N–H and O–H groups in total. The van der Waals surface area contributed by atoms with Crippen molar-refractivity contribution < 1.29 is 4.79 Å². The standard InChI is InChI=1S/C19H21N5O/c1-23(14-16-4-2-15(12-20)3-5-16)19(25)17-6-10-24(11-7-17)18-13-21-8-9-22-18/h2-5,8-9,13,17H,6-7,10-11,14H2,1H3. The summed E-state index contributed by atoms with van der Waals surface area (Å²) in [5, 5.41) is 8.85. The average molecular weight is 335 g/mol. The Morgan fingerprint density at radius 2 is 2.00 bits per heavy atom. The van der Waals surface area contributed by atoms with E-state index in [2.05, 4.69) is 20.9 Å². The molecule has 1 amide bonds. The Morgan fingerprint density at radius 1 is 1.28 bits per heavy atom. The molecule has 1 fully saturated rings. The largest absolute Gasteiger partial charge is 0.355 e. The monoisotopic (exact) mass is 335 g/mol. The normalized spacial score (nSPS) is 14.8. The quantitative estimate of drug-likeness (QED) is 0.856. The molecule has 0 spiro atoms. The van der Waals surface area contributed by atoms with Crippen LogP contribution in [0.3, 0.4) is 0 Å². The molecule has 2 aromatic rings. The Bertz CT molecular complexity index is 746. The van der Waals surface area contributed by atoms with Gasteiger partial charge in [0.1, 0.15) is 5.82 Å². The van der Waals surface area contributed by atoms with Crippen LogP contribution in [0.25, 0.3) is 0 Å². The van der Waals surface area contributed by atoms with Gasteiger partial charge >= 0.3 is 0 Å². The minimum absolute atomic E-state index is 0.0521. The van der Waals surface area contributed by atoms with Gasteiger partial charge in [0, 0.05) is 45.0 Å². The van der Waals surface area contributed by atoms with Crippen molar-refractivity contribution in [2.75, 3.05) is 25.0 Å². The second-order valence-corrected chi connectivity index (χ2v) is 6.33. The lowest BCUT2D eigenvalue weighted by molar-refractivity contribution is -0.135. The number of anilines is 1. The molecule has 0 aliphatic carbocycles. The van der Waals surface area contributed by atoms with Crippen LogP contribution in [-0.4, -0.2) is 40.9 Å². The Morgan fingerprint density at radius 3 is 2.60 bits per heavy atom. The van der Waals surface area contributed by atoms with Crippen molar-refractivity contribution in [3.8, 4) is 6.07 Å². The van der Waals surface area contributed by atoms with Crippen LogP contribution in [0.1, 0.15) is 24.0 Å². The first-order valence-corrected chi connectivity index (χ1v) is 8.42. The highest BCUT2D eigenvalue weighted by molar-refractivity contribution is 5.79. The fourth-order valence-electron chi connectivity index (χ4n) is 3.16. The predicted molar refractivity (Wildman–Crippen MR) is 94.6 cm³/mol. The highest BCUT2D eigenvalue weighted by Crippen LogP contribution is 2.23. The number of carbonyl (C=O) groups is 1. The molecule has 1 aromatic heterocycles. The van der Waals surface area contributed by atoms with Crippen LogP contribution >= 0.6 is 0 Å². The first-order valence-electron chi connectivity index (χ1n) is 8.42. The number of rotatable bonds is 4. The van der Waals surface area contributed by atoms with Gasteiger partial charge in [-0.1, -0.05) is 12.1 Å². The Labute approximate surface area is 147 Å². The van der Waals surface area contributed by atoms with Crippen molar-refractivity contribution in [1.29, 1.82) is 5.26 Å². The molecule has 6 nitrogen and oxygen atoms in total. The van der Waals surface area contributed by atoms with Crippen LogP contribution < -0.4 is 4.90 Å². The summed E-state index contributed by atoms with van der Waals surface area (Å²) >= 11 is 0. The topological polar surface area (TPSA) is 73.1 Å². The number of amides is 1. The molecule has 1 aliphatic rings. The number of piperidine rings is 1. The maximum absolute atomic E-state index is 12.7. The predicted octanol–water partition coefficient (Wildman–Crippen LogP) is 2.22. The van der Waals surface area contributed by atoms with Crippen LogP contribution in [0.5, 0.6) is 0 Å². The van der Waals surface area contributed by atoms with Gasteiger partial charge in [0.15, 0.2) is 0 Å². The lowest BCUT2D eigenvalue weighted by atomic mass is 9.95. The maximum atomic E-state index is 12.7. The maximum Gasteiger partial charge on any atom is 0.225 e. The van der Waals surface area contributed by atoms with Crippen LogP contribution in [-0.2, 0) is 11.3 Å². The molecule has 3 rings (SSSR count). The Hall–Kier alpha value is -2.94. The minimum atomic E-state index is 0.0521. The number of nitrogens with zero attached hydrogens (tertiary/aromatic N) is 5. The fourth-order valence-corrected chi connectivity index (χ4v) is 3.16. The van der Waals surface area contributed by atoms with Gasteiger partial charge in [-0.15, -0.1) is 0 Å². The molecule has 0 radical (unpaired) electrons. The summed E-state index contributed by atoms with van der Waals surface area (Å²) in [6.07, 6.45) is 6.77. The molecule has 0 atom stereocenters. The molecular formula is C19H21N5O. The van der Waals surface area contributed by atoms with Crippen molar-refractivity contribution in [3.05, 3.63) is 54.0 Å². The van der Waals surface area contributed by atoms with E-state index in [1.54, 1.807) is 35.6 Å². The smallest absolute Gasteiger partial charge is 0.225 e. The summed E-state index contributed by atoms with van der Waals surface area (Å²) in [5.41, 5.74) is 1.67. The average Bonchev–Trinajstić information content (AvgIpc) is 2.69. The third-order valence-electron chi connectivity index (χ3n) is 4.60. The van der Waals surface area contributed by atoms with E-state index in [9.17, 15) is 4.79 Å². The Kier molecular flexibility index (Phi) is 5.24. The summed E-state index contributed by atoms with van der Waals surface area (Å²) in [5.74, 6) is 1.11. The summed E-state index contributed by atoms with van der Waals surface area (Å²) in [6, 6.07) is 9.48. The molecular weight excluding hydrogens is 314 g/mol. The summed E-state index contributed by atoms with van der Waals surface area (Å²) < 4.78 is 0. The molecule has 1 aromatic carbocycles. The van der Waals surface area contributed by atoms with Gasteiger partial charge < -0.3 is 9.80 Å². The van der Waals surface area contributed by atoms with E-state index in [0.29, 0.717) is 12.1 Å². The highest BCUT2D eigenvalue weighted by Gasteiger charge is 2.27. The van der Waals surface area contributed by atoms with E-state index in [1.165, 1.54) is 0 Å². The van der Waals surface area contributed by atoms with E-state index in [1.807, 2.05) is 19.2 Å². The zero-order valence-corrected chi connectivity index (χ0v) is 14.3. The van der Waals surface area contributed by atoms with Crippen LogP contribution in [0.15, 0.2) is 42.9 Å². The third-order valence-corrected chi connectivity index (χ3v) is 4.60. The summed E-state index contributed by atoms with van der Waals surface area (Å²) in [6.45, 7) is 2.20. The molecule has 6 heteroatoms. The number of aromatic nitrogens is 2. The van der Waals surface area contributed by atoms with E-state index >= 15 is 0 Å². The zero-order chi connectivity index (χ0) is 17.6. The van der Waals surface area contributed by atoms with Gasteiger partial charge in [0.25, 0.3) is 0 Å². The molecule has 1 saturated heterocycles. The SMILES string of the molecule is CN(Cc1ccc(C#N)cc1)C(=O)C1CCN(c2cnccn2)CC1. The molecule has 0 unspecified atom stereocenters. The summed E-state index contributed by atoms with van der Waals surface area (Å²) in [4.78, 5) is 25.1. The number of carbonyl (C=O) groups excluding carboxylic acids is 1. The van der Waals surface area contributed by atoms with Crippen LogP contribution in [0.2, 0.25) is 0 Å². The molecule has 0 saturated carbocycles. The van der Waals surface area contributed by atoms with Crippen molar-refractivity contribution in [3.63, 3.8) is 0 Å². The lowest BCUT2D eigenvalue weighted by Gasteiger charge is -2.33. The van der Waals surface area contributed by atoms with Crippen molar-refractivity contribution in [1.82, 2.24) is 14.9 Å². The second-order valence-electron chi connectivity index (χ2n) is 6.33. The van der Waals surface area contributed by atoms with Crippen LogP contribution in [0.4, 0.5) is 5.82 Å². The van der Waals surface area contributed by atoms with Crippen molar-refractivity contribution in [2.24, 2.45) is 5.92 Å². The number of benzene rings is 1. The van der Waals surface area contributed by atoms with E-state index in [4.69, 9.17) is 5.26 Å². The van der Waals surface area contributed by atoms with Crippen molar-refractivity contribution in [2.45, 2.75) is 19.4 Å². The third kappa shape index (κ3) is 4.13. The Balaban J connectivity index is 1.54. The van der Waals surface area contributed by atoms with Crippen LogP contribution in [0, 0.1) is 17.2 Å². The van der Waals surface area contributed by atoms with Gasteiger partial charge in [0.05, 0.1) is 17.8 Å². The highest BCUT2D eigenvalue weighted by atomic mass is 16.2. The van der Waals surface area contributed by atoms with Gasteiger partial charge in [-0.25, -0.2) is 4.98 Å².